The van der Waals surface area contributed by atoms with Gasteiger partial charge >= 0.3 is 0 Å². The van der Waals surface area contributed by atoms with E-state index in [0.29, 0.717) is 12.0 Å². The molecule has 0 aliphatic rings. The van der Waals surface area contributed by atoms with Gasteiger partial charge in [0, 0.05) is 18.2 Å². The Bertz CT molecular complexity index is 371. The standard InChI is InChI=1S/C13H21N3O/c1-9(2)10(3)15-8-11-4-6-12(7-5-11)13(14)16-17/h4-7,9-10,15,17H,8H2,1-3H3,(H2,14,16). The van der Waals surface area contributed by atoms with Gasteiger partial charge in [0.2, 0.25) is 0 Å². The lowest BCUT2D eigenvalue weighted by atomic mass is 10.1. The van der Waals surface area contributed by atoms with Gasteiger partial charge in [-0.05, 0) is 18.4 Å². The molecule has 0 aliphatic heterocycles. The van der Waals surface area contributed by atoms with Crippen molar-refractivity contribution >= 4 is 5.84 Å². The number of amidine groups is 1. The van der Waals surface area contributed by atoms with Crippen LogP contribution in [0.3, 0.4) is 0 Å². The third-order valence-electron chi connectivity index (χ3n) is 2.99. The Morgan fingerprint density at radius 2 is 1.88 bits per heavy atom. The van der Waals surface area contributed by atoms with Gasteiger partial charge in [-0.2, -0.15) is 0 Å². The van der Waals surface area contributed by atoms with E-state index in [9.17, 15) is 0 Å². The monoisotopic (exact) mass is 235 g/mol. The molecular weight excluding hydrogens is 214 g/mol. The van der Waals surface area contributed by atoms with Crippen LogP contribution in [-0.2, 0) is 6.54 Å². The summed E-state index contributed by atoms with van der Waals surface area (Å²) in [5.41, 5.74) is 7.41. The largest absolute Gasteiger partial charge is 0.409 e. The molecule has 94 valence electrons. The summed E-state index contributed by atoms with van der Waals surface area (Å²) in [6.07, 6.45) is 0. The highest BCUT2D eigenvalue weighted by Gasteiger charge is 2.06. The molecule has 0 amide bonds. The number of nitrogens with two attached hydrogens (primary N) is 1. The van der Waals surface area contributed by atoms with E-state index in [-0.39, 0.29) is 5.84 Å². The molecule has 0 radical (unpaired) electrons. The van der Waals surface area contributed by atoms with Crippen molar-refractivity contribution < 1.29 is 5.21 Å². The molecule has 17 heavy (non-hydrogen) atoms. The average molecular weight is 235 g/mol. The molecular formula is C13H21N3O. The molecule has 0 spiro atoms. The summed E-state index contributed by atoms with van der Waals surface area (Å²) in [4.78, 5) is 0. The first-order valence-corrected chi connectivity index (χ1v) is 5.84. The van der Waals surface area contributed by atoms with Crippen molar-refractivity contribution in [1.29, 1.82) is 0 Å². The van der Waals surface area contributed by atoms with Crippen LogP contribution in [0.2, 0.25) is 0 Å². The van der Waals surface area contributed by atoms with E-state index in [2.05, 4.69) is 31.2 Å². The van der Waals surface area contributed by atoms with E-state index in [0.717, 1.165) is 12.1 Å². The molecule has 1 rings (SSSR count). The fraction of sp³-hybridized carbons (Fsp3) is 0.462. The minimum atomic E-state index is 0.139. The molecule has 0 aliphatic carbocycles. The summed E-state index contributed by atoms with van der Waals surface area (Å²) in [5, 5.41) is 15.0. The second-order valence-corrected chi connectivity index (χ2v) is 4.60. The summed E-state index contributed by atoms with van der Waals surface area (Å²) in [6.45, 7) is 7.39. The molecule has 4 nitrogen and oxygen atoms in total. The van der Waals surface area contributed by atoms with Crippen molar-refractivity contribution in [2.24, 2.45) is 16.8 Å². The van der Waals surface area contributed by atoms with Crippen LogP contribution < -0.4 is 11.1 Å². The summed E-state index contributed by atoms with van der Waals surface area (Å²) < 4.78 is 0. The fourth-order valence-corrected chi connectivity index (χ4v) is 1.37. The van der Waals surface area contributed by atoms with Crippen LogP contribution in [0.4, 0.5) is 0 Å². The summed E-state index contributed by atoms with van der Waals surface area (Å²) in [7, 11) is 0. The molecule has 4 heteroatoms. The smallest absolute Gasteiger partial charge is 0.170 e. The molecule has 0 bridgehead atoms. The molecule has 1 unspecified atom stereocenters. The van der Waals surface area contributed by atoms with Gasteiger partial charge in [0.1, 0.15) is 0 Å². The second kappa shape index (κ2) is 6.25. The molecule has 4 N–H and O–H groups in total. The van der Waals surface area contributed by atoms with Gasteiger partial charge in [-0.3, -0.25) is 0 Å². The number of oxime groups is 1. The molecule has 0 aromatic heterocycles. The molecule has 0 saturated carbocycles. The highest BCUT2D eigenvalue weighted by atomic mass is 16.4. The first kappa shape index (κ1) is 13.5. The minimum Gasteiger partial charge on any atom is -0.409 e. The van der Waals surface area contributed by atoms with E-state index in [1.54, 1.807) is 0 Å². The van der Waals surface area contributed by atoms with Crippen molar-refractivity contribution in [3.05, 3.63) is 35.4 Å². The summed E-state index contributed by atoms with van der Waals surface area (Å²) in [6, 6.07) is 8.15. The maximum atomic E-state index is 8.55. The zero-order valence-electron chi connectivity index (χ0n) is 10.6. The highest BCUT2D eigenvalue weighted by Crippen LogP contribution is 2.06. The number of nitrogens with one attached hydrogen (secondary N) is 1. The average Bonchev–Trinajstić information content (AvgIpc) is 2.35. The maximum absolute atomic E-state index is 8.55. The van der Waals surface area contributed by atoms with Gasteiger partial charge in [0.25, 0.3) is 0 Å². The lowest BCUT2D eigenvalue weighted by Crippen LogP contribution is -2.30. The molecule has 1 atom stereocenters. The van der Waals surface area contributed by atoms with Crippen molar-refractivity contribution in [2.75, 3.05) is 0 Å². The van der Waals surface area contributed by atoms with Crippen LogP contribution in [0.25, 0.3) is 0 Å². The number of hydrogen-bond donors (Lipinski definition) is 3. The zero-order chi connectivity index (χ0) is 12.8. The molecule has 1 aromatic carbocycles. The zero-order valence-corrected chi connectivity index (χ0v) is 10.6. The third kappa shape index (κ3) is 4.07. The van der Waals surface area contributed by atoms with Crippen LogP contribution >= 0.6 is 0 Å². The molecule has 0 fully saturated rings. The van der Waals surface area contributed by atoms with Crippen LogP contribution in [0, 0.1) is 5.92 Å². The van der Waals surface area contributed by atoms with Crippen LogP contribution in [0.15, 0.2) is 29.4 Å². The Labute approximate surface area is 103 Å². The van der Waals surface area contributed by atoms with Gasteiger partial charge in [-0.15, -0.1) is 0 Å². The number of benzene rings is 1. The van der Waals surface area contributed by atoms with Crippen LogP contribution in [0.5, 0.6) is 0 Å². The fourth-order valence-electron chi connectivity index (χ4n) is 1.37. The first-order valence-electron chi connectivity index (χ1n) is 5.84. The number of nitrogens with zero attached hydrogens (tertiary/aromatic N) is 1. The van der Waals surface area contributed by atoms with Crippen molar-refractivity contribution in [2.45, 2.75) is 33.4 Å². The number of rotatable bonds is 5. The minimum absolute atomic E-state index is 0.139. The van der Waals surface area contributed by atoms with Crippen LogP contribution in [0.1, 0.15) is 31.9 Å². The predicted octanol–water partition coefficient (Wildman–Crippen LogP) is 1.92. The molecule has 1 aromatic rings. The van der Waals surface area contributed by atoms with E-state index >= 15 is 0 Å². The summed E-state index contributed by atoms with van der Waals surface area (Å²) >= 11 is 0. The van der Waals surface area contributed by atoms with Crippen LogP contribution in [-0.4, -0.2) is 17.1 Å². The highest BCUT2D eigenvalue weighted by molar-refractivity contribution is 5.96. The Balaban J connectivity index is 2.57. The summed E-state index contributed by atoms with van der Waals surface area (Å²) in [5.74, 6) is 0.756. The Kier molecular flexibility index (Phi) is 4.97. The van der Waals surface area contributed by atoms with Gasteiger partial charge in [-0.25, -0.2) is 0 Å². The van der Waals surface area contributed by atoms with Gasteiger partial charge in [0.15, 0.2) is 5.84 Å². The third-order valence-corrected chi connectivity index (χ3v) is 2.99. The SMILES string of the molecule is CC(C)C(C)NCc1ccc(C(N)=NO)cc1. The van der Waals surface area contributed by atoms with Crippen molar-refractivity contribution in [1.82, 2.24) is 5.32 Å². The second-order valence-electron chi connectivity index (χ2n) is 4.60. The van der Waals surface area contributed by atoms with Gasteiger partial charge in [0.05, 0.1) is 0 Å². The predicted molar refractivity (Wildman–Crippen MR) is 70.1 cm³/mol. The van der Waals surface area contributed by atoms with Crippen molar-refractivity contribution in [3.63, 3.8) is 0 Å². The topological polar surface area (TPSA) is 70.6 Å². The Morgan fingerprint density at radius 3 is 2.35 bits per heavy atom. The molecule has 0 heterocycles. The van der Waals surface area contributed by atoms with Crippen molar-refractivity contribution in [3.8, 4) is 0 Å². The normalized spacial score (nSPS) is 14.0. The van der Waals surface area contributed by atoms with E-state index < -0.39 is 0 Å². The van der Waals surface area contributed by atoms with Gasteiger partial charge in [-0.1, -0.05) is 43.3 Å². The first-order chi connectivity index (χ1) is 8.04. The number of hydrogen-bond acceptors (Lipinski definition) is 3. The Hall–Kier alpha value is -1.55. The van der Waals surface area contributed by atoms with E-state index in [1.165, 1.54) is 5.56 Å². The Morgan fingerprint density at radius 1 is 1.29 bits per heavy atom. The lowest BCUT2D eigenvalue weighted by molar-refractivity contribution is 0.318. The quantitative estimate of drug-likeness (QED) is 0.316. The molecule has 0 saturated heterocycles. The maximum Gasteiger partial charge on any atom is 0.170 e. The van der Waals surface area contributed by atoms with Gasteiger partial charge < -0.3 is 16.3 Å². The lowest BCUT2D eigenvalue weighted by Gasteiger charge is -2.17. The van der Waals surface area contributed by atoms with E-state index in [4.69, 9.17) is 10.9 Å². The van der Waals surface area contributed by atoms with E-state index in [1.807, 2.05) is 24.3 Å².